The van der Waals surface area contributed by atoms with Crippen LogP contribution in [0.1, 0.15) is 38.2 Å². The van der Waals surface area contributed by atoms with Gasteiger partial charge in [0.1, 0.15) is 11.3 Å². The van der Waals surface area contributed by atoms with Crippen molar-refractivity contribution < 1.29 is 13.9 Å². The van der Waals surface area contributed by atoms with Gasteiger partial charge in [0.2, 0.25) is 0 Å². The van der Waals surface area contributed by atoms with E-state index in [0.29, 0.717) is 23.5 Å². The first kappa shape index (κ1) is 19.6. The maximum absolute atomic E-state index is 6.28. The molecule has 1 aliphatic rings. The van der Waals surface area contributed by atoms with Crippen LogP contribution < -0.4 is 14.8 Å². The van der Waals surface area contributed by atoms with Gasteiger partial charge in [-0.1, -0.05) is 31.4 Å². The third-order valence-corrected chi connectivity index (χ3v) is 5.94. The van der Waals surface area contributed by atoms with Crippen molar-refractivity contribution in [2.45, 2.75) is 45.6 Å². The monoisotopic (exact) mass is 391 g/mol. The van der Waals surface area contributed by atoms with E-state index in [1.807, 2.05) is 24.3 Å². The molecule has 0 bridgehead atoms. The Hall–Kier alpha value is -2.75. The average molecular weight is 392 g/mol. The van der Waals surface area contributed by atoms with E-state index in [-0.39, 0.29) is 0 Å². The molecular weight excluding hydrogens is 362 g/mol. The Morgan fingerprint density at radius 3 is 2.48 bits per heavy atom. The molecule has 1 fully saturated rings. The number of hydrogen-bond donors (Lipinski definition) is 0. The number of methoxy groups -OCH3 is 2. The standard InChI is InChI=1S/C25H29NO3/c1-16-9-11-22-19(13-16)21(26-20-8-6-5-7-17(20)2)15-24(29-22)18-10-12-23(27-3)25(14-18)28-4/h9-15,17,20H,5-8H2,1-4H3/t17-,20+/m1/s1. The number of hydrogen-bond acceptors (Lipinski definition) is 4. The zero-order valence-corrected chi connectivity index (χ0v) is 17.7. The lowest BCUT2D eigenvalue weighted by Gasteiger charge is -2.25. The first-order valence-electron chi connectivity index (χ1n) is 10.4. The Kier molecular flexibility index (Phi) is 5.61. The Morgan fingerprint density at radius 1 is 0.931 bits per heavy atom. The fourth-order valence-electron chi connectivity index (χ4n) is 4.19. The summed E-state index contributed by atoms with van der Waals surface area (Å²) in [5.74, 6) is 2.78. The topological polar surface area (TPSA) is 44.0 Å². The number of ether oxygens (including phenoxy) is 2. The van der Waals surface area contributed by atoms with Gasteiger partial charge in [0.05, 0.1) is 25.6 Å². The Morgan fingerprint density at radius 2 is 1.72 bits per heavy atom. The summed E-state index contributed by atoms with van der Waals surface area (Å²) in [4.78, 5) is 5.21. The summed E-state index contributed by atoms with van der Waals surface area (Å²) in [5, 5.41) is 2.09. The van der Waals surface area contributed by atoms with E-state index in [0.717, 1.165) is 34.1 Å². The van der Waals surface area contributed by atoms with Crippen molar-refractivity contribution in [1.82, 2.24) is 0 Å². The fourth-order valence-corrected chi connectivity index (χ4v) is 4.19. The van der Waals surface area contributed by atoms with Crippen LogP contribution in [0, 0.1) is 12.8 Å². The lowest BCUT2D eigenvalue weighted by atomic mass is 9.86. The molecule has 0 aliphatic heterocycles. The molecule has 152 valence electrons. The van der Waals surface area contributed by atoms with Gasteiger partial charge in [-0.05, 0) is 56.0 Å². The number of aryl methyl sites for hydroxylation is 1. The number of fused-ring (bicyclic) bond motifs is 1. The average Bonchev–Trinajstić information content (AvgIpc) is 2.75. The van der Waals surface area contributed by atoms with Crippen LogP contribution in [0.4, 0.5) is 0 Å². The SMILES string of the molecule is COc1ccc(-c2cc(=N[C@H]3CCCC[C@H]3C)c3cc(C)ccc3o2)cc1OC. The summed E-state index contributed by atoms with van der Waals surface area (Å²) >= 11 is 0. The smallest absolute Gasteiger partial charge is 0.161 e. The third-order valence-electron chi connectivity index (χ3n) is 5.94. The van der Waals surface area contributed by atoms with Crippen LogP contribution in [0.5, 0.6) is 11.5 Å². The first-order chi connectivity index (χ1) is 14.1. The Labute approximate surface area is 172 Å². The summed E-state index contributed by atoms with van der Waals surface area (Å²) in [5.41, 5.74) is 3.00. The van der Waals surface area contributed by atoms with E-state index in [9.17, 15) is 0 Å². The largest absolute Gasteiger partial charge is 0.493 e. The van der Waals surface area contributed by atoms with Crippen molar-refractivity contribution in [3.63, 3.8) is 0 Å². The number of rotatable bonds is 4. The van der Waals surface area contributed by atoms with Crippen LogP contribution in [0.3, 0.4) is 0 Å². The van der Waals surface area contributed by atoms with Gasteiger partial charge in [-0.3, -0.25) is 4.99 Å². The molecule has 1 saturated carbocycles. The molecule has 0 radical (unpaired) electrons. The van der Waals surface area contributed by atoms with Gasteiger partial charge in [0.15, 0.2) is 11.5 Å². The van der Waals surface area contributed by atoms with Crippen LogP contribution in [-0.2, 0) is 0 Å². The summed E-state index contributed by atoms with van der Waals surface area (Å²) in [7, 11) is 3.29. The summed E-state index contributed by atoms with van der Waals surface area (Å²) in [6, 6.07) is 14.6. The van der Waals surface area contributed by atoms with Gasteiger partial charge >= 0.3 is 0 Å². The maximum Gasteiger partial charge on any atom is 0.161 e. The Balaban J connectivity index is 1.89. The molecule has 4 nitrogen and oxygen atoms in total. The molecule has 2 atom stereocenters. The molecule has 1 aliphatic carbocycles. The van der Waals surface area contributed by atoms with Crippen molar-refractivity contribution in [3.05, 3.63) is 53.4 Å². The van der Waals surface area contributed by atoms with Crippen LogP contribution in [-0.4, -0.2) is 20.3 Å². The highest BCUT2D eigenvalue weighted by Gasteiger charge is 2.20. The molecule has 0 unspecified atom stereocenters. The first-order valence-corrected chi connectivity index (χ1v) is 10.4. The molecule has 1 aromatic heterocycles. The van der Waals surface area contributed by atoms with Gasteiger partial charge < -0.3 is 13.9 Å². The molecule has 0 N–H and O–H groups in total. The molecule has 3 aromatic rings. The fraction of sp³-hybridized carbons (Fsp3) is 0.400. The van der Waals surface area contributed by atoms with Crippen molar-refractivity contribution >= 4 is 11.0 Å². The van der Waals surface area contributed by atoms with Crippen LogP contribution in [0.2, 0.25) is 0 Å². The molecule has 4 rings (SSSR count). The minimum atomic E-state index is 0.369. The molecule has 1 heterocycles. The molecule has 29 heavy (non-hydrogen) atoms. The minimum absolute atomic E-state index is 0.369. The van der Waals surface area contributed by atoms with Gasteiger partial charge in [-0.2, -0.15) is 0 Å². The molecule has 0 saturated heterocycles. The van der Waals surface area contributed by atoms with E-state index in [1.54, 1.807) is 14.2 Å². The lowest BCUT2D eigenvalue weighted by Crippen LogP contribution is -2.23. The summed E-state index contributed by atoms with van der Waals surface area (Å²) in [6.07, 6.45) is 4.99. The highest BCUT2D eigenvalue weighted by atomic mass is 16.5. The van der Waals surface area contributed by atoms with Gasteiger partial charge in [-0.15, -0.1) is 0 Å². The maximum atomic E-state index is 6.28. The second-order valence-electron chi connectivity index (χ2n) is 8.02. The predicted octanol–water partition coefficient (Wildman–Crippen LogP) is 5.90. The van der Waals surface area contributed by atoms with E-state index in [2.05, 4.69) is 32.0 Å². The van der Waals surface area contributed by atoms with E-state index < -0.39 is 0 Å². The minimum Gasteiger partial charge on any atom is -0.493 e. The second kappa shape index (κ2) is 8.32. The lowest BCUT2D eigenvalue weighted by molar-refractivity contribution is 0.328. The van der Waals surface area contributed by atoms with Crippen LogP contribution >= 0.6 is 0 Å². The number of nitrogens with zero attached hydrogens (tertiary/aromatic N) is 1. The molecule has 0 amide bonds. The second-order valence-corrected chi connectivity index (χ2v) is 8.02. The van der Waals surface area contributed by atoms with Gasteiger partial charge in [0.25, 0.3) is 0 Å². The van der Waals surface area contributed by atoms with Crippen molar-refractivity contribution in [1.29, 1.82) is 0 Å². The quantitative estimate of drug-likeness (QED) is 0.556. The van der Waals surface area contributed by atoms with Crippen LogP contribution in [0.15, 0.2) is 51.9 Å². The zero-order chi connectivity index (χ0) is 20.4. The van der Waals surface area contributed by atoms with E-state index in [4.69, 9.17) is 18.9 Å². The van der Waals surface area contributed by atoms with Gasteiger partial charge in [0, 0.05) is 17.0 Å². The zero-order valence-electron chi connectivity index (χ0n) is 17.7. The normalized spacial score (nSPS) is 20.1. The molecule has 4 heteroatoms. The molecule has 0 spiro atoms. The number of benzene rings is 2. The van der Waals surface area contributed by atoms with E-state index in [1.165, 1.54) is 24.8 Å². The molecule has 2 aromatic carbocycles. The summed E-state index contributed by atoms with van der Waals surface area (Å²) < 4.78 is 17.1. The highest BCUT2D eigenvalue weighted by molar-refractivity contribution is 5.79. The molecular formula is C25H29NO3. The highest BCUT2D eigenvalue weighted by Crippen LogP contribution is 2.33. The van der Waals surface area contributed by atoms with E-state index >= 15 is 0 Å². The van der Waals surface area contributed by atoms with Crippen molar-refractivity contribution in [3.8, 4) is 22.8 Å². The van der Waals surface area contributed by atoms with Crippen molar-refractivity contribution in [2.24, 2.45) is 10.9 Å². The summed E-state index contributed by atoms with van der Waals surface area (Å²) in [6.45, 7) is 4.43. The third kappa shape index (κ3) is 4.02. The van der Waals surface area contributed by atoms with Crippen LogP contribution in [0.25, 0.3) is 22.3 Å². The Bertz CT molecular complexity index is 1080. The van der Waals surface area contributed by atoms with Crippen molar-refractivity contribution in [2.75, 3.05) is 14.2 Å². The predicted molar refractivity (Wildman–Crippen MR) is 116 cm³/mol. The van der Waals surface area contributed by atoms with Gasteiger partial charge in [-0.25, -0.2) is 0 Å².